The lowest BCUT2D eigenvalue weighted by atomic mass is 10.1. The predicted octanol–water partition coefficient (Wildman–Crippen LogP) is 3.58. The zero-order chi connectivity index (χ0) is 14.0. The molecule has 0 fully saturated rings. The van der Waals surface area contributed by atoms with Gasteiger partial charge in [-0.25, -0.2) is 9.37 Å². The number of hydrogen-bond donors (Lipinski definition) is 1. The molecule has 0 aliphatic carbocycles. The van der Waals surface area contributed by atoms with Crippen molar-refractivity contribution in [1.82, 2.24) is 9.55 Å². The highest BCUT2D eigenvalue weighted by Gasteiger charge is 2.17. The van der Waals surface area contributed by atoms with Crippen molar-refractivity contribution in [1.29, 1.82) is 0 Å². The molecule has 1 aromatic carbocycles. The first-order chi connectivity index (χ1) is 9.04. The summed E-state index contributed by atoms with van der Waals surface area (Å²) in [6.07, 6.45) is 1.78. The molecule has 0 aliphatic rings. The predicted molar refractivity (Wildman–Crippen MR) is 76.3 cm³/mol. The zero-order valence-electron chi connectivity index (χ0n) is 11.2. The van der Waals surface area contributed by atoms with E-state index in [4.69, 9.17) is 5.73 Å². The Morgan fingerprint density at radius 2 is 2.21 bits per heavy atom. The van der Waals surface area contributed by atoms with E-state index in [2.05, 4.69) is 25.4 Å². The summed E-state index contributed by atoms with van der Waals surface area (Å²) in [4.78, 5) is 4.56. The molecule has 2 rings (SSSR count). The van der Waals surface area contributed by atoms with E-state index in [0.29, 0.717) is 23.6 Å². The Labute approximate surface area is 112 Å². The number of rotatable bonds is 4. The van der Waals surface area contributed by atoms with Crippen LogP contribution >= 0.6 is 0 Å². The number of nitrogen functional groups attached to an aromatic ring is 1. The topological polar surface area (TPSA) is 43.8 Å². The van der Waals surface area contributed by atoms with Gasteiger partial charge in [-0.15, -0.1) is 6.58 Å². The molecule has 0 amide bonds. The Bertz CT molecular complexity index is 599. The highest BCUT2D eigenvalue weighted by Crippen LogP contribution is 2.29. The van der Waals surface area contributed by atoms with Crippen molar-refractivity contribution in [3.8, 4) is 11.3 Å². The quantitative estimate of drug-likeness (QED) is 0.853. The summed E-state index contributed by atoms with van der Waals surface area (Å²) in [5, 5.41) is 0. The number of benzene rings is 1. The lowest BCUT2D eigenvalue weighted by molar-refractivity contribution is 0.628. The first-order valence-electron chi connectivity index (χ1n) is 6.27. The molecule has 0 unspecified atom stereocenters. The highest BCUT2D eigenvalue weighted by molar-refractivity contribution is 5.71. The van der Waals surface area contributed by atoms with Crippen LogP contribution in [0.1, 0.15) is 25.6 Å². The van der Waals surface area contributed by atoms with E-state index in [1.54, 1.807) is 12.1 Å². The molecule has 0 saturated heterocycles. The minimum Gasteiger partial charge on any atom is -0.383 e. The number of nitrogens with two attached hydrogens (primary N) is 1. The summed E-state index contributed by atoms with van der Waals surface area (Å²) < 4.78 is 15.2. The first kappa shape index (κ1) is 13.3. The van der Waals surface area contributed by atoms with Crippen molar-refractivity contribution in [2.75, 3.05) is 5.73 Å². The minimum atomic E-state index is -0.290. The van der Waals surface area contributed by atoms with Gasteiger partial charge >= 0.3 is 0 Å². The summed E-state index contributed by atoms with van der Waals surface area (Å²) in [7, 11) is 0. The Morgan fingerprint density at radius 3 is 2.79 bits per heavy atom. The molecule has 1 heterocycles. The SMILES string of the molecule is C=CCn1c(C(C)C)nc(-c2cccc(F)c2)c1N. The van der Waals surface area contributed by atoms with Crippen molar-refractivity contribution in [2.45, 2.75) is 26.3 Å². The average Bonchev–Trinajstić information content (AvgIpc) is 2.68. The van der Waals surface area contributed by atoms with Crippen LogP contribution in [0.4, 0.5) is 10.2 Å². The standard InChI is InChI=1S/C15H18FN3/c1-4-8-19-14(17)13(18-15(19)10(2)3)11-6-5-7-12(16)9-11/h4-7,9-10H,1,8,17H2,2-3H3. The Balaban J connectivity index is 2.58. The summed E-state index contributed by atoms with van der Waals surface area (Å²) in [6.45, 7) is 8.43. The normalized spacial score (nSPS) is 10.9. The minimum absolute atomic E-state index is 0.240. The number of aromatic nitrogens is 2. The van der Waals surface area contributed by atoms with Gasteiger partial charge in [0.25, 0.3) is 0 Å². The van der Waals surface area contributed by atoms with Crippen LogP contribution in [0.15, 0.2) is 36.9 Å². The van der Waals surface area contributed by atoms with Crippen LogP contribution in [-0.2, 0) is 6.54 Å². The third kappa shape index (κ3) is 2.52. The van der Waals surface area contributed by atoms with Gasteiger partial charge in [-0.1, -0.05) is 32.1 Å². The molecule has 0 saturated carbocycles. The van der Waals surface area contributed by atoms with Crippen LogP contribution in [0.5, 0.6) is 0 Å². The molecular weight excluding hydrogens is 241 g/mol. The molecule has 0 atom stereocenters. The molecule has 2 aromatic rings. The first-order valence-corrected chi connectivity index (χ1v) is 6.27. The smallest absolute Gasteiger partial charge is 0.132 e. The van der Waals surface area contributed by atoms with Crippen molar-refractivity contribution in [3.63, 3.8) is 0 Å². The molecule has 3 nitrogen and oxygen atoms in total. The maximum absolute atomic E-state index is 13.3. The van der Waals surface area contributed by atoms with Gasteiger partial charge in [0.05, 0.1) is 0 Å². The second-order valence-electron chi connectivity index (χ2n) is 4.77. The van der Waals surface area contributed by atoms with E-state index in [1.165, 1.54) is 12.1 Å². The summed E-state index contributed by atoms with van der Waals surface area (Å²) >= 11 is 0. The molecular formula is C15H18FN3. The number of imidazole rings is 1. The number of hydrogen-bond acceptors (Lipinski definition) is 2. The van der Waals surface area contributed by atoms with Gasteiger partial charge in [0.15, 0.2) is 0 Å². The van der Waals surface area contributed by atoms with E-state index in [-0.39, 0.29) is 11.7 Å². The van der Waals surface area contributed by atoms with Crippen molar-refractivity contribution in [3.05, 3.63) is 48.6 Å². The van der Waals surface area contributed by atoms with E-state index in [0.717, 1.165) is 5.82 Å². The average molecular weight is 259 g/mol. The highest BCUT2D eigenvalue weighted by atomic mass is 19.1. The van der Waals surface area contributed by atoms with Crippen LogP contribution in [-0.4, -0.2) is 9.55 Å². The third-order valence-electron chi connectivity index (χ3n) is 2.96. The van der Waals surface area contributed by atoms with Gasteiger partial charge in [0.2, 0.25) is 0 Å². The largest absolute Gasteiger partial charge is 0.383 e. The molecule has 19 heavy (non-hydrogen) atoms. The van der Waals surface area contributed by atoms with E-state index in [1.807, 2.05) is 10.6 Å². The van der Waals surface area contributed by atoms with E-state index in [9.17, 15) is 4.39 Å². The second-order valence-corrected chi connectivity index (χ2v) is 4.77. The monoisotopic (exact) mass is 259 g/mol. The van der Waals surface area contributed by atoms with Crippen LogP contribution in [0.3, 0.4) is 0 Å². The number of halogens is 1. The summed E-state index contributed by atoms with van der Waals surface area (Å²) in [5.74, 6) is 1.39. The fourth-order valence-corrected chi connectivity index (χ4v) is 2.09. The van der Waals surface area contributed by atoms with Crippen LogP contribution in [0.25, 0.3) is 11.3 Å². The maximum atomic E-state index is 13.3. The Morgan fingerprint density at radius 1 is 1.47 bits per heavy atom. The molecule has 1 aromatic heterocycles. The second kappa shape index (κ2) is 5.26. The summed E-state index contributed by atoms with van der Waals surface area (Å²) in [5.41, 5.74) is 7.47. The molecule has 4 heteroatoms. The molecule has 0 aliphatic heterocycles. The number of nitrogens with zero attached hydrogens (tertiary/aromatic N) is 2. The van der Waals surface area contributed by atoms with Crippen LogP contribution in [0, 0.1) is 5.82 Å². The Hall–Kier alpha value is -2.10. The lowest BCUT2D eigenvalue weighted by Gasteiger charge is -2.09. The molecule has 0 spiro atoms. The maximum Gasteiger partial charge on any atom is 0.132 e. The van der Waals surface area contributed by atoms with Gasteiger partial charge in [-0.2, -0.15) is 0 Å². The fourth-order valence-electron chi connectivity index (χ4n) is 2.09. The zero-order valence-corrected chi connectivity index (χ0v) is 11.2. The van der Waals surface area contributed by atoms with Crippen molar-refractivity contribution in [2.24, 2.45) is 0 Å². The van der Waals surface area contributed by atoms with Gasteiger partial charge < -0.3 is 10.3 Å². The molecule has 0 radical (unpaired) electrons. The molecule has 2 N–H and O–H groups in total. The van der Waals surface area contributed by atoms with Crippen LogP contribution in [0.2, 0.25) is 0 Å². The molecule has 100 valence electrons. The fraction of sp³-hybridized carbons (Fsp3) is 0.267. The van der Waals surface area contributed by atoms with Gasteiger partial charge in [0.1, 0.15) is 23.2 Å². The van der Waals surface area contributed by atoms with Gasteiger partial charge in [0, 0.05) is 18.0 Å². The van der Waals surface area contributed by atoms with Crippen molar-refractivity contribution < 1.29 is 4.39 Å². The number of anilines is 1. The van der Waals surface area contributed by atoms with Crippen molar-refractivity contribution >= 4 is 5.82 Å². The van der Waals surface area contributed by atoms with E-state index < -0.39 is 0 Å². The molecule has 0 bridgehead atoms. The van der Waals surface area contributed by atoms with Gasteiger partial charge in [-0.05, 0) is 12.1 Å². The third-order valence-corrected chi connectivity index (χ3v) is 2.96. The van der Waals surface area contributed by atoms with Gasteiger partial charge in [-0.3, -0.25) is 0 Å². The van der Waals surface area contributed by atoms with E-state index >= 15 is 0 Å². The lowest BCUT2D eigenvalue weighted by Crippen LogP contribution is -2.07. The Kier molecular flexibility index (Phi) is 3.69. The summed E-state index contributed by atoms with van der Waals surface area (Å²) in [6, 6.07) is 6.32. The number of allylic oxidation sites excluding steroid dienone is 1. The van der Waals surface area contributed by atoms with Crippen LogP contribution < -0.4 is 5.73 Å².